The highest BCUT2D eigenvalue weighted by molar-refractivity contribution is 7.80. The molecule has 0 aliphatic heterocycles. The Morgan fingerprint density at radius 1 is 1.40 bits per heavy atom. The second-order valence-electron chi connectivity index (χ2n) is 3.11. The lowest BCUT2D eigenvalue weighted by molar-refractivity contribution is -0.126. The number of hydrogen-bond acceptors (Lipinski definition) is 5. The van der Waals surface area contributed by atoms with Crippen LogP contribution in [0, 0.1) is 0 Å². The zero-order valence-electron chi connectivity index (χ0n) is 9.07. The van der Waals surface area contributed by atoms with Crippen LogP contribution in [-0.2, 0) is 14.3 Å². The molecule has 1 atom stereocenters. The van der Waals surface area contributed by atoms with Gasteiger partial charge in [0.1, 0.15) is 6.61 Å². The molecule has 0 aromatic rings. The predicted molar refractivity (Wildman–Crippen MR) is 62.2 cm³/mol. The third-order valence-corrected chi connectivity index (χ3v) is 1.64. The second kappa shape index (κ2) is 10.2. The van der Waals surface area contributed by atoms with Crippen molar-refractivity contribution in [1.29, 1.82) is 0 Å². The molecule has 0 spiro atoms. The summed E-state index contributed by atoms with van der Waals surface area (Å²) in [7, 11) is 0. The van der Waals surface area contributed by atoms with Crippen molar-refractivity contribution in [2.45, 2.75) is 12.2 Å². The average Bonchev–Trinajstić information content (AvgIpc) is 2.20. The molecule has 15 heavy (non-hydrogen) atoms. The molecule has 0 bridgehead atoms. The van der Waals surface area contributed by atoms with E-state index in [-0.39, 0.29) is 17.8 Å². The number of rotatable bonds is 9. The van der Waals surface area contributed by atoms with E-state index in [4.69, 9.17) is 15.2 Å². The Morgan fingerprint density at radius 3 is 2.67 bits per heavy atom. The van der Waals surface area contributed by atoms with E-state index >= 15 is 0 Å². The number of carbonyl (C=O) groups is 1. The Labute approximate surface area is 96.1 Å². The molecule has 0 saturated heterocycles. The van der Waals surface area contributed by atoms with Crippen LogP contribution in [-0.4, -0.2) is 50.7 Å². The normalized spacial score (nSPS) is 12.5. The van der Waals surface area contributed by atoms with Gasteiger partial charge in [0.25, 0.3) is 0 Å². The van der Waals surface area contributed by atoms with Gasteiger partial charge in [0.15, 0.2) is 0 Å². The minimum atomic E-state index is -0.130. The van der Waals surface area contributed by atoms with Gasteiger partial charge in [0, 0.05) is 18.3 Å². The van der Waals surface area contributed by atoms with Crippen molar-refractivity contribution in [3.05, 3.63) is 0 Å². The largest absolute Gasteiger partial charge is 0.378 e. The minimum absolute atomic E-state index is 0.0620. The van der Waals surface area contributed by atoms with Gasteiger partial charge < -0.3 is 20.5 Å². The zero-order valence-corrected chi connectivity index (χ0v) is 9.96. The van der Waals surface area contributed by atoms with Crippen LogP contribution < -0.4 is 11.1 Å². The Hall–Kier alpha value is -0.300. The third-order valence-electron chi connectivity index (χ3n) is 1.46. The molecule has 0 aromatic heterocycles. The van der Waals surface area contributed by atoms with Crippen molar-refractivity contribution in [3.63, 3.8) is 0 Å². The first kappa shape index (κ1) is 14.7. The highest BCUT2D eigenvalue weighted by Gasteiger charge is 2.01. The van der Waals surface area contributed by atoms with E-state index in [2.05, 4.69) is 17.9 Å². The summed E-state index contributed by atoms with van der Waals surface area (Å²) < 4.78 is 10.1. The molecule has 1 unspecified atom stereocenters. The van der Waals surface area contributed by atoms with Crippen LogP contribution in [0.25, 0.3) is 0 Å². The molecule has 6 heteroatoms. The van der Waals surface area contributed by atoms with Gasteiger partial charge in [-0.3, -0.25) is 4.79 Å². The molecule has 0 aliphatic rings. The fourth-order valence-electron chi connectivity index (χ4n) is 0.781. The summed E-state index contributed by atoms with van der Waals surface area (Å²) in [5.74, 6) is -0.130. The van der Waals surface area contributed by atoms with E-state index in [1.54, 1.807) is 0 Å². The van der Waals surface area contributed by atoms with Gasteiger partial charge in [-0.2, -0.15) is 12.6 Å². The van der Waals surface area contributed by atoms with E-state index < -0.39 is 0 Å². The van der Waals surface area contributed by atoms with Gasteiger partial charge in [-0.1, -0.05) is 6.92 Å². The van der Waals surface area contributed by atoms with E-state index in [0.29, 0.717) is 32.9 Å². The lowest BCUT2D eigenvalue weighted by Crippen LogP contribution is -2.32. The lowest BCUT2D eigenvalue weighted by atomic mass is 10.4. The smallest absolute Gasteiger partial charge is 0.246 e. The molecule has 0 aliphatic carbocycles. The fraction of sp³-hybridized carbons (Fsp3) is 0.889. The molecule has 0 fully saturated rings. The molecule has 5 nitrogen and oxygen atoms in total. The minimum Gasteiger partial charge on any atom is -0.378 e. The SMILES string of the molecule is CC(S)CNC(=O)COCCOCCN. The van der Waals surface area contributed by atoms with Crippen LogP contribution in [0.1, 0.15) is 6.92 Å². The molecule has 0 heterocycles. The Bertz CT molecular complexity index is 167. The topological polar surface area (TPSA) is 73.6 Å². The first-order valence-corrected chi connectivity index (χ1v) is 5.48. The van der Waals surface area contributed by atoms with E-state index in [1.165, 1.54) is 0 Å². The maximum absolute atomic E-state index is 11.1. The fourth-order valence-corrected chi connectivity index (χ4v) is 0.872. The van der Waals surface area contributed by atoms with Crippen molar-refractivity contribution < 1.29 is 14.3 Å². The van der Waals surface area contributed by atoms with Gasteiger partial charge in [-0.15, -0.1) is 0 Å². The molecule has 0 rings (SSSR count). The van der Waals surface area contributed by atoms with Gasteiger partial charge in [-0.25, -0.2) is 0 Å². The first-order valence-electron chi connectivity index (χ1n) is 4.97. The van der Waals surface area contributed by atoms with E-state index in [9.17, 15) is 4.79 Å². The van der Waals surface area contributed by atoms with Crippen LogP contribution in [0.15, 0.2) is 0 Å². The van der Waals surface area contributed by atoms with Crippen molar-refractivity contribution in [3.8, 4) is 0 Å². The number of nitrogens with two attached hydrogens (primary N) is 1. The summed E-state index contributed by atoms with van der Waals surface area (Å²) in [6.45, 7) is 4.41. The summed E-state index contributed by atoms with van der Waals surface area (Å²) in [5, 5.41) is 2.84. The molecule has 90 valence electrons. The lowest BCUT2D eigenvalue weighted by Gasteiger charge is -2.07. The van der Waals surface area contributed by atoms with Crippen LogP contribution in [0.3, 0.4) is 0 Å². The Balaban J connectivity index is 3.17. The van der Waals surface area contributed by atoms with E-state index in [1.807, 2.05) is 6.92 Å². The molecule has 0 aromatic carbocycles. The van der Waals surface area contributed by atoms with Crippen LogP contribution in [0.4, 0.5) is 0 Å². The van der Waals surface area contributed by atoms with Crippen LogP contribution in [0.2, 0.25) is 0 Å². The maximum atomic E-state index is 11.1. The number of nitrogens with one attached hydrogen (secondary N) is 1. The van der Waals surface area contributed by atoms with Gasteiger partial charge in [0.2, 0.25) is 5.91 Å². The number of amides is 1. The van der Waals surface area contributed by atoms with Gasteiger partial charge in [-0.05, 0) is 0 Å². The van der Waals surface area contributed by atoms with Crippen LogP contribution >= 0.6 is 12.6 Å². The number of hydrogen-bond donors (Lipinski definition) is 3. The standard InChI is InChI=1S/C9H20N2O3S/c1-8(15)6-11-9(12)7-14-5-4-13-3-2-10/h8,15H,2-7,10H2,1H3,(H,11,12). The monoisotopic (exact) mass is 236 g/mol. The molecular formula is C9H20N2O3S. The average molecular weight is 236 g/mol. The van der Waals surface area contributed by atoms with Crippen molar-refractivity contribution in [2.24, 2.45) is 5.73 Å². The first-order chi connectivity index (χ1) is 7.16. The summed E-state index contributed by atoms with van der Waals surface area (Å²) in [6, 6.07) is 0. The Kier molecular flexibility index (Phi) is 10.0. The Morgan fingerprint density at radius 2 is 2.07 bits per heavy atom. The van der Waals surface area contributed by atoms with Crippen molar-refractivity contribution >= 4 is 18.5 Å². The second-order valence-corrected chi connectivity index (χ2v) is 3.99. The summed E-state index contributed by atoms with van der Waals surface area (Å²) in [4.78, 5) is 11.1. The number of carbonyl (C=O) groups excluding carboxylic acids is 1. The molecule has 3 N–H and O–H groups in total. The van der Waals surface area contributed by atoms with Crippen LogP contribution in [0.5, 0.6) is 0 Å². The predicted octanol–water partition coefficient (Wildman–Crippen LogP) is -0.587. The molecular weight excluding hydrogens is 216 g/mol. The summed E-state index contributed by atoms with van der Waals surface area (Å²) in [5.41, 5.74) is 5.22. The summed E-state index contributed by atoms with van der Waals surface area (Å²) in [6.07, 6.45) is 0. The van der Waals surface area contributed by atoms with Gasteiger partial charge in [0.05, 0.1) is 19.8 Å². The highest BCUT2D eigenvalue weighted by atomic mass is 32.1. The third kappa shape index (κ3) is 11.6. The number of thiol groups is 1. The van der Waals surface area contributed by atoms with Gasteiger partial charge >= 0.3 is 0 Å². The zero-order chi connectivity index (χ0) is 11.5. The highest BCUT2D eigenvalue weighted by Crippen LogP contribution is 1.88. The summed E-state index contributed by atoms with van der Waals surface area (Å²) >= 11 is 4.13. The molecule has 0 radical (unpaired) electrons. The maximum Gasteiger partial charge on any atom is 0.246 e. The molecule has 1 amide bonds. The number of ether oxygens (including phenoxy) is 2. The quantitative estimate of drug-likeness (QED) is 0.370. The van der Waals surface area contributed by atoms with Crippen molar-refractivity contribution in [2.75, 3.05) is 39.5 Å². The molecule has 0 saturated carbocycles. The van der Waals surface area contributed by atoms with Crippen molar-refractivity contribution in [1.82, 2.24) is 5.32 Å². The van der Waals surface area contributed by atoms with E-state index in [0.717, 1.165) is 0 Å².